The minimum atomic E-state index is -0.398. The number of nitrogens with zero attached hydrogens (tertiary/aromatic N) is 1. The van der Waals surface area contributed by atoms with Crippen molar-refractivity contribution in [1.29, 1.82) is 0 Å². The molecule has 0 aliphatic carbocycles. The van der Waals surface area contributed by atoms with Crippen LogP contribution in [0, 0.1) is 12.8 Å². The SMILES string of the molecule is Cc1sc2ccccc2[n+]1CCCC(C)C(=O)OC(=O)CCCCCBr. The number of hydrogen-bond acceptors (Lipinski definition) is 4. The number of thiazole rings is 1. The van der Waals surface area contributed by atoms with Gasteiger partial charge in [-0.2, -0.15) is 4.57 Å². The molecule has 0 radical (unpaired) electrons. The number of ether oxygens (including phenoxy) is 1. The van der Waals surface area contributed by atoms with Crippen molar-refractivity contribution < 1.29 is 18.9 Å². The molecule has 0 amide bonds. The molecule has 0 saturated heterocycles. The van der Waals surface area contributed by atoms with Gasteiger partial charge in [0.15, 0.2) is 0 Å². The molecule has 26 heavy (non-hydrogen) atoms. The molecule has 0 aliphatic rings. The lowest BCUT2D eigenvalue weighted by atomic mass is 10.1. The Balaban J connectivity index is 1.75. The van der Waals surface area contributed by atoms with Gasteiger partial charge in [0.25, 0.3) is 0 Å². The predicted molar refractivity (Wildman–Crippen MR) is 109 cm³/mol. The van der Waals surface area contributed by atoms with Gasteiger partial charge in [0, 0.05) is 31.2 Å². The summed E-state index contributed by atoms with van der Waals surface area (Å²) in [5, 5.41) is 2.20. The lowest BCUT2D eigenvalue weighted by Crippen LogP contribution is -2.35. The van der Waals surface area contributed by atoms with Crippen LogP contribution in [-0.2, 0) is 20.9 Å². The normalized spacial score (nSPS) is 12.3. The Morgan fingerprint density at radius 1 is 1.19 bits per heavy atom. The summed E-state index contributed by atoms with van der Waals surface area (Å²) in [6, 6.07) is 8.36. The fourth-order valence-electron chi connectivity index (χ4n) is 2.91. The van der Waals surface area contributed by atoms with E-state index in [0.29, 0.717) is 12.8 Å². The van der Waals surface area contributed by atoms with E-state index in [1.165, 1.54) is 15.2 Å². The van der Waals surface area contributed by atoms with E-state index in [4.69, 9.17) is 4.74 Å². The molecule has 1 atom stereocenters. The molecule has 0 bridgehead atoms. The van der Waals surface area contributed by atoms with E-state index in [1.54, 1.807) is 11.3 Å². The number of esters is 2. The highest BCUT2D eigenvalue weighted by molar-refractivity contribution is 9.09. The largest absolute Gasteiger partial charge is 0.393 e. The van der Waals surface area contributed by atoms with Crippen LogP contribution in [0.2, 0.25) is 0 Å². The number of aryl methyl sites for hydroxylation is 2. The van der Waals surface area contributed by atoms with Gasteiger partial charge in [0.05, 0.1) is 5.92 Å². The molecule has 1 aromatic carbocycles. The number of fused-ring (bicyclic) bond motifs is 1. The number of para-hydroxylation sites is 1. The molecule has 1 heterocycles. The summed E-state index contributed by atoms with van der Waals surface area (Å²) in [5.74, 6) is -1.05. The molecule has 0 saturated carbocycles. The highest BCUT2D eigenvalue weighted by Gasteiger charge is 2.20. The quantitative estimate of drug-likeness (QED) is 0.173. The Labute approximate surface area is 167 Å². The zero-order valence-electron chi connectivity index (χ0n) is 15.5. The number of halogens is 1. The minimum Gasteiger partial charge on any atom is -0.393 e. The number of alkyl halides is 1. The molecule has 4 nitrogen and oxygen atoms in total. The van der Waals surface area contributed by atoms with Crippen molar-refractivity contribution in [2.24, 2.45) is 5.92 Å². The monoisotopic (exact) mass is 440 g/mol. The summed E-state index contributed by atoms with van der Waals surface area (Å²) >= 11 is 5.15. The van der Waals surface area contributed by atoms with Crippen LogP contribution in [0.5, 0.6) is 0 Å². The Morgan fingerprint density at radius 3 is 2.73 bits per heavy atom. The molecule has 1 aromatic heterocycles. The van der Waals surface area contributed by atoms with Crippen molar-refractivity contribution in [3.8, 4) is 0 Å². The summed E-state index contributed by atoms with van der Waals surface area (Å²) in [5.41, 5.74) is 1.24. The van der Waals surface area contributed by atoms with Crippen molar-refractivity contribution in [2.75, 3.05) is 5.33 Å². The summed E-state index contributed by atoms with van der Waals surface area (Å²) < 4.78 is 8.56. The van der Waals surface area contributed by atoms with Crippen molar-refractivity contribution in [3.63, 3.8) is 0 Å². The molecule has 0 N–H and O–H groups in total. The van der Waals surface area contributed by atoms with E-state index in [0.717, 1.165) is 37.6 Å². The minimum absolute atomic E-state index is 0.257. The van der Waals surface area contributed by atoms with Gasteiger partial charge in [-0.05, 0) is 25.3 Å². The molecule has 2 aromatic rings. The first kappa shape index (κ1) is 21.0. The lowest BCUT2D eigenvalue weighted by molar-refractivity contribution is -0.673. The third-order valence-corrected chi connectivity index (χ3v) is 6.09. The van der Waals surface area contributed by atoms with Crippen LogP contribution in [-0.4, -0.2) is 17.3 Å². The van der Waals surface area contributed by atoms with Crippen LogP contribution in [0.4, 0.5) is 0 Å². The number of rotatable bonds is 10. The van der Waals surface area contributed by atoms with Crippen molar-refractivity contribution in [3.05, 3.63) is 29.3 Å². The van der Waals surface area contributed by atoms with E-state index in [1.807, 2.05) is 6.92 Å². The number of benzene rings is 1. The Morgan fingerprint density at radius 2 is 1.96 bits per heavy atom. The maximum absolute atomic E-state index is 12.1. The third kappa shape index (κ3) is 6.16. The first-order chi connectivity index (χ1) is 12.5. The first-order valence-corrected chi connectivity index (χ1v) is 11.1. The van der Waals surface area contributed by atoms with Gasteiger partial charge in [-0.3, -0.25) is 9.59 Å². The average molecular weight is 441 g/mol. The van der Waals surface area contributed by atoms with Crippen molar-refractivity contribution in [1.82, 2.24) is 0 Å². The number of aromatic nitrogens is 1. The summed E-state index contributed by atoms with van der Waals surface area (Å²) in [6.45, 7) is 4.83. The van der Waals surface area contributed by atoms with Gasteiger partial charge in [-0.1, -0.05) is 52.7 Å². The molecule has 142 valence electrons. The maximum Gasteiger partial charge on any atom is 0.316 e. The Kier molecular flexibility index (Phi) is 8.72. The van der Waals surface area contributed by atoms with Crippen LogP contribution < -0.4 is 4.57 Å². The number of unbranched alkanes of at least 4 members (excludes halogenated alkanes) is 2. The average Bonchev–Trinajstić information content (AvgIpc) is 2.94. The topological polar surface area (TPSA) is 47.2 Å². The van der Waals surface area contributed by atoms with Gasteiger partial charge >= 0.3 is 11.9 Å². The first-order valence-electron chi connectivity index (χ1n) is 9.21. The lowest BCUT2D eigenvalue weighted by Gasteiger charge is -2.09. The summed E-state index contributed by atoms with van der Waals surface area (Å²) in [4.78, 5) is 23.8. The molecule has 1 unspecified atom stereocenters. The van der Waals surface area contributed by atoms with Crippen molar-refractivity contribution >= 4 is 49.4 Å². The van der Waals surface area contributed by atoms with Gasteiger partial charge < -0.3 is 4.74 Å². The summed E-state index contributed by atoms with van der Waals surface area (Å²) in [7, 11) is 0. The highest BCUT2D eigenvalue weighted by Crippen LogP contribution is 2.20. The predicted octanol–water partition coefficient (Wildman–Crippen LogP) is 4.94. The molecule has 0 aliphatic heterocycles. The fraction of sp³-hybridized carbons (Fsp3) is 0.550. The van der Waals surface area contributed by atoms with Crippen LogP contribution in [0.15, 0.2) is 24.3 Å². The second kappa shape index (κ2) is 10.8. The van der Waals surface area contributed by atoms with Gasteiger partial charge in [0.1, 0.15) is 11.2 Å². The molecule has 0 spiro atoms. The second-order valence-corrected chi connectivity index (χ2v) is 8.60. The maximum atomic E-state index is 12.1. The van der Waals surface area contributed by atoms with Crippen molar-refractivity contribution in [2.45, 2.75) is 58.9 Å². The zero-order chi connectivity index (χ0) is 18.9. The van der Waals surface area contributed by atoms with Crippen LogP contribution in [0.25, 0.3) is 10.2 Å². The van der Waals surface area contributed by atoms with Gasteiger partial charge in [-0.15, -0.1) is 0 Å². The molecule has 6 heteroatoms. The van der Waals surface area contributed by atoms with Gasteiger partial charge in [0.2, 0.25) is 10.5 Å². The van der Waals surface area contributed by atoms with Crippen LogP contribution in [0.3, 0.4) is 0 Å². The summed E-state index contributed by atoms with van der Waals surface area (Å²) in [6.07, 6.45) is 4.68. The Hall–Kier alpha value is -1.27. The van der Waals surface area contributed by atoms with E-state index in [9.17, 15) is 9.59 Å². The van der Waals surface area contributed by atoms with E-state index in [-0.39, 0.29) is 5.92 Å². The Bertz CT molecular complexity index is 744. The van der Waals surface area contributed by atoms with Crippen LogP contribution >= 0.6 is 27.3 Å². The van der Waals surface area contributed by atoms with E-state index >= 15 is 0 Å². The number of carbonyl (C=O) groups excluding carboxylic acids is 2. The highest BCUT2D eigenvalue weighted by atomic mass is 79.9. The zero-order valence-corrected chi connectivity index (χ0v) is 17.9. The molecular weight excluding hydrogens is 414 g/mol. The molecular formula is C20H27BrNO3S+. The standard InChI is InChI=1S/C20H27BrNO3S/c1-15(20(24)25-19(23)12-4-3-7-13-21)9-8-14-22-16(2)26-18-11-6-5-10-17(18)22/h5-6,10-11,15H,3-4,7-9,12-14H2,1-2H3/q+1. The second-order valence-electron chi connectivity index (χ2n) is 6.58. The van der Waals surface area contributed by atoms with E-state index in [2.05, 4.69) is 51.7 Å². The van der Waals surface area contributed by atoms with Gasteiger partial charge in [-0.25, -0.2) is 0 Å². The fourth-order valence-corrected chi connectivity index (χ4v) is 4.35. The third-order valence-electron chi connectivity index (χ3n) is 4.44. The molecule has 0 fully saturated rings. The molecule has 2 rings (SSSR count). The smallest absolute Gasteiger partial charge is 0.316 e. The number of carbonyl (C=O) groups is 2. The number of hydrogen-bond donors (Lipinski definition) is 0. The van der Waals surface area contributed by atoms with Crippen LogP contribution in [0.1, 0.15) is 50.5 Å². The van der Waals surface area contributed by atoms with E-state index < -0.39 is 11.9 Å².